The van der Waals surface area contributed by atoms with E-state index in [0.717, 1.165) is 10.9 Å². The van der Waals surface area contributed by atoms with E-state index in [9.17, 15) is 0 Å². The Kier molecular flexibility index (Phi) is 2.25. The molecule has 16 heavy (non-hydrogen) atoms. The van der Waals surface area contributed by atoms with Crippen LogP contribution in [0, 0.1) is 0 Å². The Morgan fingerprint density at radius 2 is 2.25 bits per heavy atom. The van der Waals surface area contributed by atoms with Gasteiger partial charge in [0.2, 0.25) is 0 Å². The van der Waals surface area contributed by atoms with Gasteiger partial charge in [-0.1, -0.05) is 0 Å². The van der Waals surface area contributed by atoms with E-state index in [1.165, 1.54) is 18.5 Å². The molecule has 0 aromatic carbocycles. The van der Waals surface area contributed by atoms with Crippen LogP contribution in [-0.2, 0) is 0 Å². The topological polar surface area (TPSA) is 63.8 Å². The maximum absolute atomic E-state index is 5.57. The van der Waals surface area contributed by atoms with Crippen molar-refractivity contribution in [1.29, 1.82) is 0 Å². The third-order valence-electron chi connectivity index (χ3n) is 2.54. The van der Waals surface area contributed by atoms with Crippen LogP contribution >= 0.6 is 11.3 Å². The average Bonchev–Trinajstić information content (AvgIpc) is 3.04. The number of nitrogens with one attached hydrogen (secondary N) is 1. The lowest BCUT2D eigenvalue weighted by molar-refractivity contribution is 1.05. The largest absolute Gasteiger partial charge is 0.397 e. The molecular formula is C11H12N4S. The smallest absolute Gasteiger partial charge is 0.188 e. The Bertz CT molecular complexity index is 487. The van der Waals surface area contributed by atoms with Gasteiger partial charge in [0, 0.05) is 11.3 Å². The summed E-state index contributed by atoms with van der Waals surface area (Å²) in [5.74, 6) is 1.48. The van der Waals surface area contributed by atoms with Gasteiger partial charge in [-0.05, 0) is 25.0 Å². The predicted octanol–water partition coefficient (Wildman–Crippen LogP) is 2.74. The molecule has 82 valence electrons. The van der Waals surface area contributed by atoms with Crippen LogP contribution in [0.3, 0.4) is 0 Å². The molecule has 0 amide bonds. The van der Waals surface area contributed by atoms with Gasteiger partial charge >= 0.3 is 0 Å². The van der Waals surface area contributed by atoms with Gasteiger partial charge in [-0.3, -0.25) is 0 Å². The molecule has 1 saturated carbocycles. The van der Waals surface area contributed by atoms with Crippen molar-refractivity contribution in [3.8, 4) is 0 Å². The second-order valence-electron chi connectivity index (χ2n) is 3.95. The van der Waals surface area contributed by atoms with Gasteiger partial charge < -0.3 is 11.1 Å². The van der Waals surface area contributed by atoms with Crippen molar-refractivity contribution >= 4 is 28.0 Å². The van der Waals surface area contributed by atoms with Gasteiger partial charge in [-0.25, -0.2) is 9.97 Å². The highest BCUT2D eigenvalue weighted by molar-refractivity contribution is 7.13. The molecule has 0 unspecified atom stereocenters. The molecule has 0 radical (unpaired) electrons. The lowest BCUT2D eigenvalue weighted by Crippen LogP contribution is -1.94. The molecule has 0 bridgehead atoms. The second kappa shape index (κ2) is 3.75. The second-order valence-corrected chi connectivity index (χ2v) is 4.81. The SMILES string of the molecule is Nc1ccc(Nc2nc(C3CC3)cs2)nc1. The summed E-state index contributed by atoms with van der Waals surface area (Å²) in [6, 6.07) is 3.68. The summed E-state index contributed by atoms with van der Waals surface area (Å²) in [5, 5.41) is 6.20. The molecule has 1 aliphatic carbocycles. The molecule has 4 nitrogen and oxygen atoms in total. The maximum Gasteiger partial charge on any atom is 0.188 e. The first kappa shape index (κ1) is 9.59. The number of nitrogen functional groups attached to an aromatic ring is 1. The van der Waals surface area contributed by atoms with Crippen LogP contribution in [0.5, 0.6) is 0 Å². The van der Waals surface area contributed by atoms with E-state index >= 15 is 0 Å². The molecule has 2 aromatic rings. The summed E-state index contributed by atoms with van der Waals surface area (Å²) >= 11 is 1.62. The monoisotopic (exact) mass is 232 g/mol. The summed E-state index contributed by atoms with van der Waals surface area (Å²) in [7, 11) is 0. The fraction of sp³-hybridized carbons (Fsp3) is 0.273. The number of hydrogen-bond donors (Lipinski definition) is 2. The summed E-state index contributed by atoms with van der Waals surface area (Å²) in [5.41, 5.74) is 7.45. The normalized spacial score (nSPS) is 15.0. The third kappa shape index (κ3) is 1.99. The van der Waals surface area contributed by atoms with Crippen LogP contribution in [0.4, 0.5) is 16.6 Å². The molecular weight excluding hydrogens is 220 g/mol. The molecule has 1 aliphatic rings. The van der Waals surface area contributed by atoms with E-state index in [1.807, 2.05) is 12.1 Å². The standard InChI is InChI=1S/C11H12N4S/c12-8-3-4-10(13-5-8)15-11-14-9(6-16-11)7-1-2-7/h3-7H,1-2,12H2,(H,13,14,15). The molecule has 2 aromatic heterocycles. The number of thiazole rings is 1. The van der Waals surface area contributed by atoms with Crippen molar-refractivity contribution in [2.45, 2.75) is 18.8 Å². The Balaban J connectivity index is 1.75. The highest BCUT2D eigenvalue weighted by atomic mass is 32.1. The van der Waals surface area contributed by atoms with Gasteiger partial charge in [0.05, 0.1) is 17.6 Å². The lowest BCUT2D eigenvalue weighted by atomic mass is 10.3. The number of pyridine rings is 1. The summed E-state index contributed by atoms with van der Waals surface area (Å²) in [6.45, 7) is 0. The van der Waals surface area contributed by atoms with Gasteiger partial charge in [-0.15, -0.1) is 11.3 Å². The van der Waals surface area contributed by atoms with Gasteiger partial charge in [0.15, 0.2) is 5.13 Å². The van der Waals surface area contributed by atoms with Gasteiger partial charge in [0.25, 0.3) is 0 Å². The zero-order chi connectivity index (χ0) is 11.0. The number of rotatable bonds is 3. The fourth-order valence-electron chi connectivity index (χ4n) is 1.50. The molecule has 5 heteroatoms. The number of nitrogens with two attached hydrogens (primary N) is 1. The first-order chi connectivity index (χ1) is 7.81. The third-order valence-corrected chi connectivity index (χ3v) is 3.31. The number of hydrogen-bond acceptors (Lipinski definition) is 5. The van der Waals surface area contributed by atoms with Crippen molar-refractivity contribution in [3.05, 3.63) is 29.4 Å². The lowest BCUT2D eigenvalue weighted by Gasteiger charge is -2.00. The first-order valence-corrected chi connectivity index (χ1v) is 6.13. The Morgan fingerprint density at radius 1 is 1.38 bits per heavy atom. The van der Waals surface area contributed by atoms with E-state index in [-0.39, 0.29) is 0 Å². The van der Waals surface area contributed by atoms with Crippen LogP contribution in [0.25, 0.3) is 0 Å². The van der Waals surface area contributed by atoms with E-state index in [2.05, 4.69) is 20.7 Å². The van der Waals surface area contributed by atoms with E-state index < -0.39 is 0 Å². The van der Waals surface area contributed by atoms with Crippen molar-refractivity contribution in [3.63, 3.8) is 0 Å². The minimum atomic E-state index is 0.670. The number of anilines is 3. The molecule has 0 spiro atoms. The Morgan fingerprint density at radius 3 is 2.94 bits per heavy atom. The van der Waals surface area contributed by atoms with Crippen molar-refractivity contribution in [2.24, 2.45) is 0 Å². The van der Waals surface area contributed by atoms with Gasteiger partial charge in [-0.2, -0.15) is 0 Å². The van der Waals surface area contributed by atoms with Crippen LogP contribution < -0.4 is 11.1 Å². The summed E-state index contributed by atoms with van der Waals surface area (Å²) in [4.78, 5) is 8.70. The molecule has 3 N–H and O–H groups in total. The summed E-state index contributed by atoms with van der Waals surface area (Å²) < 4.78 is 0. The van der Waals surface area contributed by atoms with Crippen LogP contribution in [0.1, 0.15) is 24.5 Å². The van der Waals surface area contributed by atoms with Crippen molar-refractivity contribution < 1.29 is 0 Å². The highest BCUT2D eigenvalue weighted by Crippen LogP contribution is 2.41. The Labute approximate surface area is 97.5 Å². The zero-order valence-electron chi connectivity index (χ0n) is 8.68. The van der Waals surface area contributed by atoms with E-state index in [4.69, 9.17) is 5.73 Å². The molecule has 2 heterocycles. The van der Waals surface area contributed by atoms with Crippen molar-refractivity contribution in [2.75, 3.05) is 11.1 Å². The molecule has 0 atom stereocenters. The number of nitrogens with zero attached hydrogens (tertiary/aromatic N) is 2. The van der Waals surface area contributed by atoms with E-state index in [1.54, 1.807) is 17.5 Å². The van der Waals surface area contributed by atoms with E-state index in [0.29, 0.717) is 11.6 Å². The average molecular weight is 232 g/mol. The fourth-order valence-corrected chi connectivity index (χ4v) is 2.30. The number of aromatic nitrogens is 2. The zero-order valence-corrected chi connectivity index (χ0v) is 9.50. The molecule has 1 fully saturated rings. The Hall–Kier alpha value is -1.62. The van der Waals surface area contributed by atoms with Crippen LogP contribution in [0.15, 0.2) is 23.7 Å². The van der Waals surface area contributed by atoms with Crippen LogP contribution in [0.2, 0.25) is 0 Å². The first-order valence-electron chi connectivity index (χ1n) is 5.25. The minimum Gasteiger partial charge on any atom is -0.397 e. The maximum atomic E-state index is 5.57. The van der Waals surface area contributed by atoms with Crippen LogP contribution in [-0.4, -0.2) is 9.97 Å². The molecule has 3 rings (SSSR count). The summed E-state index contributed by atoms with van der Waals surface area (Å²) in [6.07, 6.45) is 4.20. The quantitative estimate of drug-likeness (QED) is 0.854. The van der Waals surface area contributed by atoms with Gasteiger partial charge in [0.1, 0.15) is 5.82 Å². The van der Waals surface area contributed by atoms with Crippen molar-refractivity contribution in [1.82, 2.24) is 9.97 Å². The molecule has 0 saturated heterocycles. The minimum absolute atomic E-state index is 0.670. The predicted molar refractivity (Wildman–Crippen MR) is 66.0 cm³/mol. The highest BCUT2D eigenvalue weighted by Gasteiger charge is 2.25. The molecule has 0 aliphatic heterocycles.